The van der Waals surface area contributed by atoms with Crippen molar-refractivity contribution in [3.63, 3.8) is 0 Å². The van der Waals surface area contributed by atoms with E-state index in [9.17, 15) is 9.90 Å². The molecule has 0 bridgehead atoms. The summed E-state index contributed by atoms with van der Waals surface area (Å²) in [5, 5.41) is 9.49. The van der Waals surface area contributed by atoms with Crippen LogP contribution in [0.1, 0.15) is 35.2 Å². The minimum Gasteiger partial charge on any atom is -0.508 e. The van der Waals surface area contributed by atoms with Crippen molar-refractivity contribution in [1.82, 2.24) is 4.90 Å². The van der Waals surface area contributed by atoms with Gasteiger partial charge in [0.2, 0.25) is 0 Å². The van der Waals surface area contributed by atoms with E-state index in [1.807, 2.05) is 4.90 Å². The fraction of sp³-hybridized carbons (Fsp3) is 0.500. The van der Waals surface area contributed by atoms with Gasteiger partial charge >= 0.3 is 0 Å². The summed E-state index contributed by atoms with van der Waals surface area (Å²) >= 11 is 5.93. The Hall–Kier alpha value is -1.22. The van der Waals surface area contributed by atoms with Gasteiger partial charge in [-0.3, -0.25) is 4.79 Å². The first-order valence-corrected chi connectivity index (χ1v) is 6.83. The number of aryl methyl sites for hydroxylation is 1. The van der Waals surface area contributed by atoms with E-state index in [-0.39, 0.29) is 17.7 Å². The number of likely N-dealkylation sites (tertiary alicyclic amines) is 1. The maximum Gasteiger partial charge on any atom is 0.254 e. The minimum atomic E-state index is 0.0171. The van der Waals surface area contributed by atoms with Crippen LogP contribution in [0.3, 0.4) is 0 Å². The largest absolute Gasteiger partial charge is 0.508 e. The van der Waals surface area contributed by atoms with Crippen LogP contribution in [-0.4, -0.2) is 34.4 Å². The number of aromatic hydroxyl groups is 1. The molecule has 1 aromatic rings. The van der Waals surface area contributed by atoms with Gasteiger partial charge in [-0.2, -0.15) is 0 Å². The molecular weight excluding hydrogens is 250 g/mol. The molecule has 1 heterocycles. The average molecular weight is 268 g/mol. The van der Waals surface area contributed by atoms with Gasteiger partial charge in [0.1, 0.15) is 5.75 Å². The van der Waals surface area contributed by atoms with Gasteiger partial charge in [-0.05, 0) is 49.9 Å². The molecule has 0 spiro atoms. The maximum absolute atomic E-state index is 12.4. The topological polar surface area (TPSA) is 40.5 Å². The van der Waals surface area contributed by atoms with E-state index in [0.717, 1.165) is 31.4 Å². The first kappa shape index (κ1) is 13.2. The molecule has 18 heavy (non-hydrogen) atoms. The number of carbonyl (C=O) groups is 1. The molecule has 4 heteroatoms. The van der Waals surface area contributed by atoms with E-state index in [1.54, 1.807) is 25.1 Å². The van der Waals surface area contributed by atoms with Crippen molar-refractivity contribution in [2.24, 2.45) is 0 Å². The molecule has 1 atom stereocenters. The summed E-state index contributed by atoms with van der Waals surface area (Å²) in [6.45, 7) is 2.57. The lowest BCUT2D eigenvalue weighted by Gasteiger charge is -2.34. The predicted octanol–water partition coefficient (Wildman–Crippen LogP) is 2.93. The Morgan fingerprint density at radius 1 is 1.50 bits per heavy atom. The zero-order chi connectivity index (χ0) is 13.1. The number of carbonyl (C=O) groups excluding carboxylic acids is 1. The number of rotatable bonds is 2. The number of hydrogen-bond acceptors (Lipinski definition) is 2. The SMILES string of the molecule is Cc1cc(C(=O)N2CCCCC2CCl)ccc1O. The molecule has 0 aliphatic carbocycles. The standard InChI is InChI=1S/C14H18ClNO2/c1-10-8-11(5-6-13(10)17)14(18)16-7-3-2-4-12(16)9-15/h5-6,8,12,17H,2-4,7,9H2,1H3. The maximum atomic E-state index is 12.4. The molecule has 1 fully saturated rings. The molecule has 1 unspecified atom stereocenters. The molecule has 0 radical (unpaired) electrons. The van der Waals surface area contributed by atoms with Crippen LogP contribution in [0.4, 0.5) is 0 Å². The Bertz CT molecular complexity index is 447. The van der Waals surface area contributed by atoms with E-state index >= 15 is 0 Å². The van der Waals surface area contributed by atoms with Crippen molar-refractivity contribution < 1.29 is 9.90 Å². The molecule has 1 aromatic carbocycles. The molecule has 1 amide bonds. The Labute approximate surface area is 112 Å². The number of piperidine rings is 1. The van der Waals surface area contributed by atoms with Gasteiger partial charge < -0.3 is 10.0 Å². The number of halogens is 1. The van der Waals surface area contributed by atoms with Crippen molar-refractivity contribution >= 4 is 17.5 Å². The highest BCUT2D eigenvalue weighted by atomic mass is 35.5. The van der Waals surface area contributed by atoms with E-state index in [4.69, 9.17) is 11.6 Å². The van der Waals surface area contributed by atoms with Gasteiger partial charge in [-0.25, -0.2) is 0 Å². The number of benzene rings is 1. The second kappa shape index (κ2) is 5.61. The van der Waals surface area contributed by atoms with Gasteiger partial charge in [0.15, 0.2) is 0 Å². The molecule has 1 N–H and O–H groups in total. The number of amides is 1. The van der Waals surface area contributed by atoms with Crippen molar-refractivity contribution in [3.05, 3.63) is 29.3 Å². The van der Waals surface area contributed by atoms with Crippen LogP contribution in [0.15, 0.2) is 18.2 Å². The minimum absolute atomic E-state index is 0.0171. The van der Waals surface area contributed by atoms with Crippen LogP contribution in [0, 0.1) is 6.92 Å². The fourth-order valence-corrected chi connectivity index (χ4v) is 2.70. The van der Waals surface area contributed by atoms with Crippen molar-refractivity contribution in [2.45, 2.75) is 32.2 Å². The average Bonchev–Trinajstić information content (AvgIpc) is 2.41. The Morgan fingerprint density at radius 2 is 2.28 bits per heavy atom. The third kappa shape index (κ3) is 2.61. The smallest absolute Gasteiger partial charge is 0.254 e. The summed E-state index contributed by atoms with van der Waals surface area (Å²) in [6, 6.07) is 5.12. The van der Waals surface area contributed by atoms with E-state index in [1.165, 1.54) is 0 Å². The second-order valence-electron chi connectivity index (χ2n) is 4.80. The Kier molecular flexibility index (Phi) is 4.12. The van der Waals surface area contributed by atoms with Gasteiger partial charge in [-0.15, -0.1) is 11.6 Å². The highest BCUT2D eigenvalue weighted by molar-refractivity contribution is 6.18. The third-order valence-electron chi connectivity index (χ3n) is 3.51. The number of phenolic OH excluding ortho intramolecular Hbond substituents is 1. The highest BCUT2D eigenvalue weighted by Gasteiger charge is 2.26. The fourth-order valence-electron chi connectivity index (χ4n) is 2.38. The molecule has 0 saturated carbocycles. The zero-order valence-electron chi connectivity index (χ0n) is 10.5. The van der Waals surface area contributed by atoms with Crippen LogP contribution >= 0.6 is 11.6 Å². The molecule has 1 aliphatic heterocycles. The van der Waals surface area contributed by atoms with Crippen LogP contribution in [0.5, 0.6) is 5.75 Å². The number of nitrogens with zero attached hydrogens (tertiary/aromatic N) is 1. The van der Waals surface area contributed by atoms with Crippen molar-refractivity contribution in [2.75, 3.05) is 12.4 Å². The normalized spacial score (nSPS) is 19.9. The summed E-state index contributed by atoms with van der Waals surface area (Å²) in [4.78, 5) is 14.3. The zero-order valence-corrected chi connectivity index (χ0v) is 11.3. The lowest BCUT2D eigenvalue weighted by atomic mass is 10.0. The summed E-state index contributed by atoms with van der Waals surface area (Å²) in [6.07, 6.45) is 3.15. The monoisotopic (exact) mass is 267 g/mol. The Morgan fingerprint density at radius 3 is 2.94 bits per heavy atom. The highest BCUT2D eigenvalue weighted by Crippen LogP contribution is 2.23. The number of alkyl halides is 1. The van der Waals surface area contributed by atoms with Gasteiger partial charge in [-0.1, -0.05) is 0 Å². The number of phenols is 1. The number of hydrogen-bond donors (Lipinski definition) is 1. The van der Waals surface area contributed by atoms with E-state index < -0.39 is 0 Å². The van der Waals surface area contributed by atoms with Gasteiger partial charge in [0, 0.05) is 24.0 Å². The lowest BCUT2D eigenvalue weighted by Crippen LogP contribution is -2.44. The summed E-state index contributed by atoms with van der Waals surface area (Å²) in [7, 11) is 0. The molecular formula is C14H18ClNO2. The molecule has 2 rings (SSSR count). The first-order chi connectivity index (χ1) is 8.63. The summed E-state index contributed by atoms with van der Waals surface area (Å²) in [5.41, 5.74) is 1.35. The van der Waals surface area contributed by atoms with Gasteiger partial charge in [0.05, 0.1) is 0 Å². The first-order valence-electron chi connectivity index (χ1n) is 6.30. The summed E-state index contributed by atoms with van der Waals surface area (Å²) in [5.74, 6) is 0.727. The molecule has 98 valence electrons. The van der Waals surface area contributed by atoms with Crippen LogP contribution < -0.4 is 0 Å². The molecule has 1 saturated heterocycles. The van der Waals surface area contributed by atoms with Crippen LogP contribution in [-0.2, 0) is 0 Å². The second-order valence-corrected chi connectivity index (χ2v) is 5.11. The van der Waals surface area contributed by atoms with Crippen molar-refractivity contribution in [1.29, 1.82) is 0 Å². The van der Waals surface area contributed by atoms with Crippen molar-refractivity contribution in [3.8, 4) is 5.75 Å². The van der Waals surface area contributed by atoms with Gasteiger partial charge in [0.25, 0.3) is 5.91 Å². The predicted molar refractivity (Wildman–Crippen MR) is 72.2 cm³/mol. The molecule has 0 aromatic heterocycles. The third-order valence-corrected chi connectivity index (χ3v) is 3.87. The van der Waals surface area contributed by atoms with E-state index in [2.05, 4.69) is 0 Å². The van der Waals surface area contributed by atoms with E-state index in [0.29, 0.717) is 11.4 Å². The molecule has 1 aliphatic rings. The molecule has 3 nitrogen and oxygen atoms in total. The van der Waals surface area contributed by atoms with Crippen LogP contribution in [0.25, 0.3) is 0 Å². The quantitative estimate of drug-likeness (QED) is 0.837. The summed E-state index contributed by atoms with van der Waals surface area (Å²) < 4.78 is 0. The Balaban J connectivity index is 2.21. The van der Waals surface area contributed by atoms with Crippen LogP contribution in [0.2, 0.25) is 0 Å². The lowest BCUT2D eigenvalue weighted by molar-refractivity contribution is 0.0639.